The van der Waals surface area contributed by atoms with E-state index in [-0.39, 0.29) is 0 Å². The van der Waals surface area contributed by atoms with Crippen molar-refractivity contribution in [3.63, 3.8) is 0 Å². The van der Waals surface area contributed by atoms with Crippen molar-refractivity contribution >= 4 is 11.3 Å². The fourth-order valence-corrected chi connectivity index (χ4v) is 3.12. The van der Waals surface area contributed by atoms with E-state index in [9.17, 15) is 13.2 Å². The number of benzene rings is 2. The lowest BCUT2D eigenvalue weighted by Gasteiger charge is -2.18. The highest BCUT2D eigenvalue weighted by molar-refractivity contribution is 5.62. The van der Waals surface area contributed by atoms with Gasteiger partial charge in [-0.2, -0.15) is 18.4 Å². The third-order valence-corrected chi connectivity index (χ3v) is 4.74. The maximum atomic E-state index is 12.8. The van der Waals surface area contributed by atoms with Crippen LogP contribution in [0.1, 0.15) is 16.8 Å². The summed E-state index contributed by atoms with van der Waals surface area (Å²) in [5.41, 5.74) is 3.43. The fourth-order valence-electron chi connectivity index (χ4n) is 3.12. The van der Waals surface area contributed by atoms with Crippen LogP contribution in [0.5, 0.6) is 0 Å². The zero-order valence-corrected chi connectivity index (χ0v) is 15.9. The number of alkyl halides is 3. The van der Waals surface area contributed by atoms with Gasteiger partial charge >= 0.3 is 6.18 Å². The summed E-state index contributed by atoms with van der Waals surface area (Å²) in [6.45, 7) is 0.537. The molecule has 4 rings (SSSR count). The topological polar surface area (TPSA) is 57.2 Å². The van der Waals surface area contributed by atoms with Gasteiger partial charge in [-0.1, -0.05) is 12.1 Å². The molecule has 5 nitrogen and oxygen atoms in total. The Morgan fingerprint density at radius 3 is 2.37 bits per heavy atom. The lowest BCUT2D eigenvalue weighted by atomic mass is 10.1. The molecule has 0 aliphatic heterocycles. The Balaban J connectivity index is 1.55. The molecule has 8 heteroatoms. The first-order chi connectivity index (χ1) is 14.3. The number of hydrogen-bond acceptors (Lipinski definition) is 4. The minimum Gasteiger partial charge on any atom is -0.369 e. The maximum Gasteiger partial charge on any atom is 0.416 e. The molecule has 0 bridgehead atoms. The van der Waals surface area contributed by atoms with Crippen LogP contribution in [0.4, 0.5) is 18.9 Å². The number of anilines is 1. The van der Waals surface area contributed by atoms with E-state index in [2.05, 4.69) is 16.0 Å². The Kier molecular flexibility index (Phi) is 4.88. The van der Waals surface area contributed by atoms with Crippen molar-refractivity contribution in [3.8, 4) is 17.3 Å². The highest BCUT2D eigenvalue weighted by Gasteiger charge is 2.30. The molecule has 30 heavy (non-hydrogen) atoms. The van der Waals surface area contributed by atoms with Gasteiger partial charge in [-0.3, -0.25) is 4.98 Å². The Morgan fingerprint density at radius 1 is 1.03 bits per heavy atom. The van der Waals surface area contributed by atoms with Gasteiger partial charge in [0.25, 0.3) is 0 Å². The SMILES string of the molecule is CN(Cc1cn2cc(-c3ccc(C(F)(F)F)cc3)nc2cn1)c1ccc(C#N)cc1. The molecule has 0 spiro atoms. The van der Waals surface area contributed by atoms with Crippen molar-refractivity contribution in [1.82, 2.24) is 14.4 Å². The molecular formula is C22H16F3N5. The van der Waals surface area contributed by atoms with Crippen LogP contribution in [-0.4, -0.2) is 21.4 Å². The van der Waals surface area contributed by atoms with E-state index in [1.165, 1.54) is 12.1 Å². The van der Waals surface area contributed by atoms with Crippen molar-refractivity contribution in [2.75, 3.05) is 11.9 Å². The van der Waals surface area contributed by atoms with Crippen LogP contribution in [0.15, 0.2) is 67.1 Å². The molecule has 2 heterocycles. The molecule has 4 aromatic rings. The van der Waals surface area contributed by atoms with E-state index < -0.39 is 11.7 Å². The van der Waals surface area contributed by atoms with Crippen LogP contribution in [0, 0.1) is 11.3 Å². The molecule has 2 aromatic heterocycles. The minimum atomic E-state index is -4.36. The summed E-state index contributed by atoms with van der Waals surface area (Å²) < 4.78 is 40.1. The van der Waals surface area contributed by atoms with Crippen molar-refractivity contribution < 1.29 is 13.2 Å². The molecule has 2 aromatic carbocycles. The van der Waals surface area contributed by atoms with Crippen LogP contribution < -0.4 is 4.90 Å². The van der Waals surface area contributed by atoms with Gasteiger partial charge in [0.15, 0.2) is 5.65 Å². The maximum absolute atomic E-state index is 12.8. The number of imidazole rings is 1. The van der Waals surface area contributed by atoms with E-state index in [1.807, 2.05) is 34.7 Å². The van der Waals surface area contributed by atoms with Gasteiger partial charge in [0.2, 0.25) is 0 Å². The number of nitriles is 1. The zero-order valence-electron chi connectivity index (χ0n) is 15.9. The average molecular weight is 407 g/mol. The van der Waals surface area contributed by atoms with E-state index in [4.69, 9.17) is 5.26 Å². The van der Waals surface area contributed by atoms with Crippen LogP contribution in [0.25, 0.3) is 16.9 Å². The number of aromatic nitrogens is 3. The van der Waals surface area contributed by atoms with E-state index in [0.717, 1.165) is 23.5 Å². The largest absolute Gasteiger partial charge is 0.416 e. The fraction of sp³-hybridized carbons (Fsp3) is 0.136. The molecule has 0 N–H and O–H groups in total. The molecular weight excluding hydrogens is 391 g/mol. The lowest BCUT2D eigenvalue weighted by molar-refractivity contribution is -0.137. The summed E-state index contributed by atoms with van der Waals surface area (Å²) in [4.78, 5) is 10.9. The summed E-state index contributed by atoms with van der Waals surface area (Å²) in [5.74, 6) is 0. The number of halogens is 3. The second kappa shape index (κ2) is 7.52. The molecule has 0 amide bonds. The molecule has 0 atom stereocenters. The molecule has 0 fully saturated rings. The summed E-state index contributed by atoms with van der Waals surface area (Å²) in [6, 6.07) is 14.3. The highest BCUT2D eigenvalue weighted by atomic mass is 19.4. The van der Waals surface area contributed by atoms with Gasteiger partial charge in [-0.25, -0.2) is 4.98 Å². The summed E-state index contributed by atoms with van der Waals surface area (Å²) >= 11 is 0. The zero-order chi connectivity index (χ0) is 21.3. The van der Waals surface area contributed by atoms with Gasteiger partial charge in [0.1, 0.15) is 0 Å². The standard InChI is InChI=1S/C22H16F3N5/c1-29(19-8-2-15(10-26)3-9-19)12-18-13-30-14-20(28-21(30)11-27-18)16-4-6-17(7-5-16)22(23,24)25/h2-9,11,13-14H,12H2,1H3. The van der Waals surface area contributed by atoms with Gasteiger partial charge in [0, 0.05) is 30.7 Å². The Labute approximate surface area is 170 Å². The van der Waals surface area contributed by atoms with Crippen molar-refractivity contribution in [2.24, 2.45) is 0 Å². The van der Waals surface area contributed by atoms with Gasteiger partial charge in [0.05, 0.1) is 41.3 Å². The summed E-state index contributed by atoms with van der Waals surface area (Å²) in [6.07, 6.45) is 0.883. The second-order valence-electron chi connectivity index (χ2n) is 6.86. The van der Waals surface area contributed by atoms with Crippen LogP contribution in [0.2, 0.25) is 0 Å². The third kappa shape index (κ3) is 3.96. The van der Waals surface area contributed by atoms with Crippen LogP contribution in [0.3, 0.4) is 0 Å². The smallest absolute Gasteiger partial charge is 0.369 e. The Hall–Kier alpha value is -3.86. The normalized spacial score (nSPS) is 11.4. The van der Waals surface area contributed by atoms with Crippen LogP contribution >= 0.6 is 0 Å². The quantitative estimate of drug-likeness (QED) is 0.482. The molecule has 150 valence electrons. The molecule has 0 aliphatic rings. The van der Waals surface area contributed by atoms with Crippen molar-refractivity contribution in [3.05, 3.63) is 83.9 Å². The van der Waals surface area contributed by atoms with Crippen LogP contribution in [-0.2, 0) is 12.7 Å². The average Bonchev–Trinajstić information content (AvgIpc) is 3.16. The first kappa shape index (κ1) is 19.5. The third-order valence-electron chi connectivity index (χ3n) is 4.74. The molecule has 0 aliphatic carbocycles. The first-order valence-corrected chi connectivity index (χ1v) is 9.06. The van der Waals surface area contributed by atoms with Gasteiger partial charge < -0.3 is 9.30 Å². The number of hydrogen-bond donors (Lipinski definition) is 0. The molecule has 0 saturated heterocycles. The predicted molar refractivity (Wildman–Crippen MR) is 107 cm³/mol. The summed E-state index contributed by atoms with van der Waals surface area (Å²) in [7, 11) is 1.93. The van der Waals surface area contributed by atoms with E-state index in [0.29, 0.717) is 29.0 Å². The number of rotatable bonds is 4. The minimum absolute atomic E-state index is 0.537. The summed E-state index contributed by atoms with van der Waals surface area (Å²) in [5, 5.41) is 8.90. The monoisotopic (exact) mass is 407 g/mol. The second-order valence-corrected chi connectivity index (χ2v) is 6.86. The van der Waals surface area contributed by atoms with E-state index in [1.54, 1.807) is 24.5 Å². The Bertz CT molecular complexity index is 1220. The Morgan fingerprint density at radius 2 is 1.73 bits per heavy atom. The van der Waals surface area contributed by atoms with Gasteiger partial charge in [-0.05, 0) is 36.4 Å². The molecule has 0 unspecified atom stereocenters. The molecule has 0 saturated carbocycles. The molecule has 0 radical (unpaired) electrons. The predicted octanol–water partition coefficient (Wildman–Crippen LogP) is 4.92. The first-order valence-electron chi connectivity index (χ1n) is 9.06. The number of fused-ring (bicyclic) bond motifs is 1. The van der Waals surface area contributed by atoms with Gasteiger partial charge in [-0.15, -0.1) is 0 Å². The highest BCUT2D eigenvalue weighted by Crippen LogP contribution is 2.30. The lowest BCUT2D eigenvalue weighted by Crippen LogP contribution is -2.17. The van der Waals surface area contributed by atoms with Crippen molar-refractivity contribution in [2.45, 2.75) is 12.7 Å². The number of nitrogens with zero attached hydrogens (tertiary/aromatic N) is 5. The van der Waals surface area contributed by atoms with Crippen molar-refractivity contribution in [1.29, 1.82) is 5.26 Å². The van der Waals surface area contributed by atoms with E-state index >= 15 is 0 Å².